The maximum Gasteiger partial charge on any atom is 0.143 e. The van der Waals surface area contributed by atoms with Crippen molar-refractivity contribution in [1.29, 1.82) is 0 Å². The summed E-state index contributed by atoms with van der Waals surface area (Å²) in [7, 11) is 0. The van der Waals surface area contributed by atoms with Gasteiger partial charge in [-0.15, -0.1) is 11.8 Å². The Labute approximate surface area is 54.2 Å². The van der Waals surface area contributed by atoms with Gasteiger partial charge < -0.3 is 0 Å². The van der Waals surface area contributed by atoms with Gasteiger partial charge in [0.05, 0.1) is 0 Å². The Bertz CT molecular complexity index is 78.6. The van der Waals surface area contributed by atoms with Crippen LogP contribution in [0, 0.1) is 0 Å². The molecule has 0 aromatic carbocycles. The molecule has 0 bridgehead atoms. The molecular formula is C6H10OS. The maximum absolute atomic E-state index is 9.67. The van der Waals surface area contributed by atoms with Crippen molar-refractivity contribution in [2.24, 2.45) is 0 Å². The van der Waals surface area contributed by atoms with Gasteiger partial charge in [-0.1, -0.05) is 6.92 Å². The number of aldehydes is 1. The van der Waals surface area contributed by atoms with Crippen molar-refractivity contribution in [2.75, 3.05) is 5.75 Å². The predicted octanol–water partition coefficient (Wildman–Crippen LogP) is 1.84. The topological polar surface area (TPSA) is 17.1 Å². The zero-order chi connectivity index (χ0) is 6.24. The van der Waals surface area contributed by atoms with Gasteiger partial charge in [-0.05, 0) is 23.7 Å². The van der Waals surface area contributed by atoms with Crippen molar-refractivity contribution < 1.29 is 4.79 Å². The third-order valence-corrected chi connectivity index (χ3v) is 1.57. The molecule has 0 aliphatic carbocycles. The quantitative estimate of drug-likeness (QED) is 0.328. The van der Waals surface area contributed by atoms with E-state index in [2.05, 4.69) is 6.92 Å². The molecule has 0 aromatic heterocycles. The third kappa shape index (κ3) is 5.76. The first-order valence-electron chi connectivity index (χ1n) is 2.63. The predicted molar refractivity (Wildman–Crippen MR) is 38.0 cm³/mol. The number of hydrogen-bond acceptors (Lipinski definition) is 2. The van der Waals surface area contributed by atoms with Gasteiger partial charge in [0.1, 0.15) is 6.29 Å². The van der Waals surface area contributed by atoms with Gasteiger partial charge in [0.15, 0.2) is 0 Å². The second-order valence-electron chi connectivity index (χ2n) is 1.34. The van der Waals surface area contributed by atoms with E-state index >= 15 is 0 Å². The SMILES string of the molecule is CCCSC=CC=O. The number of rotatable bonds is 4. The van der Waals surface area contributed by atoms with Crippen LogP contribution in [0.4, 0.5) is 0 Å². The fourth-order valence-electron chi connectivity index (χ4n) is 0.274. The molecule has 8 heavy (non-hydrogen) atoms. The van der Waals surface area contributed by atoms with Crippen LogP contribution in [0.2, 0.25) is 0 Å². The second kappa shape index (κ2) is 6.76. The monoisotopic (exact) mass is 130 g/mol. The van der Waals surface area contributed by atoms with Crippen molar-refractivity contribution in [3.05, 3.63) is 11.5 Å². The van der Waals surface area contributed by atoms with Gasteiger partial charge >= 0.3 is 0 Å². The minimum absolute atomic E-state index is 0.794. The number of carbonyl (C=O) groups is 1. The minimum atomic E-state index is 0.794. The lowest BCUT2D eigenvalue weighted by atomic mass is 10.6. The molecule has 0 saturated carbocycles. The van der Waals surface area contributed by atoms with E-state index in [1.54, 1.807) is 11.8 Å². The van der Waals surface area contributed by atoms with Crippen LogP contribution in [0.25, 0.3) is 0 Å². The van der Waals surface area contributed by atoms with Crippen LogP contribution in [0.5, 0.6) is 0 Å². The average molecular weight is 130 g/mol. The first-order valence-corrected chi connectivity index (χ1v) is 3.68. The highest BCUT2D eigenvalue weighted by atomic mass is 32.2. The van der Waals surface area contributed by atoms with Crippen LogP contribution in [0.1, 0.15) is 13.3 Å². The van der Waals surface area contributed by atoms with Crippen molar-refractivity contribution in [2.45, 2.75) is 13.3 Å². The van der Waals surface area contributed by atoms with Gasteiger partial charge in [-0.2, -0.15) is 0 Å². The Morgan fingerprint density at radius 3 is 2.88 bits per heavy atom. The fraction of sp³-hybridized carbons (Fsp3) is 0.500. The molecule has 0 aromatic rings. The molecule has 2 heteroatoms. The number of hydrogen-bond donors (Lipinski definition) is 0. The van der Waals surface area contributed by atoms with Crippen LogP contribution in [0.15, 0.2) is 11.5 Å². The Kier molecular flexibility index (Phi) is 6.56. The van der Waals surface area contributed by atoms with Crippen molar-refractivity contribution in [3.63, 3.8) is 0 Å². The van der Waals surface area contributed by atoms with E-state index in [9.17, 15) is 4.79 Å². The summed E-state index contributed by atoms with van der Waals surface area (Å²) in [5.74, 6) is 1.10. The summed E-state index contributed by atoms with van der Waals surface area (Å²) in [6.07, 6.45) is 3.47. The largest absolute Gasteiger partial charge is 0.299 e. The summed E-state index contributed by atoms with van der Waals surface area (Å²) >= 11 is 1.67. The van der Waals surface area contributed by atoms with Crippen LogP contribution in [-0.4, -0.2) is 12.0 Å². The molecule has 0 radical (unpaired) electrons. The smallest absolute Gasteiger partial charge is 0.143 e. The average Bonchev–Trinajstić information content (AvgIpc) is 1.81. The molecule has 0 amide bonds. The number of allylic oxidation sites excluding steroid dienone is 1. The highest BCUT2D eigenvalue weighted by molar-refractivity contribution is 8.02. The Hall–Kier alpha value is -0.240. The van der Waals surface area contributed by atoms with E-state index in [-0.39, 0.29) is 0 Å². The lowest BCUT2D eigenvalue weighted by Gasteiger charge is -1.83. The Morgan fingerprint density at radius 1 is 1.62 bits per heavy atom. The van der Waals surface area contributed by atoms with Gasteiger partial charge in [-0.3, -0.25) is 4.79 Å². The molecule has 0 N–H and O–H groups in total. The van der Waals surface area contributed by atoms with Gasteiger partial charge in [0.2, 0.25) is 0 Å². The highest BCUT2D eigenvalue weighted by Gasteiger charge is 1.74. The zero-order valence-electron chi connectivity index (χ0n) is 4.96. The van der Waals surface area contributed by atoms with Crippen molar-refractivity contribution in [1.82, 2.24) is 0 Å². The van der Waals surface area contributed by atoms with E-state index in [1.807, 2.05) is 5.41 Å². The third-order valence-electron chi connectivity index (χ3n) is 0.575. The maximum atomic E-state index is 9.67. The molecule has 0 fully saturated rings. The molecule has 0 aliphatic rings. The summed E-state index contributed by atoms with van der Waals surface area (Å²) in [5, 5.41) is 1.82. The molecule has 46 valence electrons. The van der Waals surface area contributed by atoms with E-state index < -0.39 is 0 Å². The standard InChI is InChI=1S/C6H10OS/c1-2-5-8-6-3-4-7/h3-4,6H,2,5H2,1H3. The van der Waals surface area contributed by atoms with Crippen LogP contribution >= 0.6 is 11.8 Å². The van der Waals surface area contributed by atoms with E-state index in [1.165, 1.54) is 6.08 Å². The Morgan fingerprint density at radius 2 is 2.38 bits per heavy atom. The molecule has 0 aliphatic heterocycles. The lowest BCUT2D eigenvalue weighted by molar-refractivity contribution is -0.104. The normalized spacial score (nSPS) is 10.1. The van der Waals surface area contributed by atoms with Crippen LogP contribution in [0.3, 0.4) is 0 Å². The first-order chi connectivity index (χ1) is 3.91. The van der Waals surface area contributed by atoms with E-state index in [0.29, 0.717) is 0 Å². The van der Waals surface area contributed by atoms with E-state index in [0.717, 1.165) is 18.5 Å². The molecule has 0 rings (SSSR count). The molecular weight excluding hydrogens is 120 g/mol. The molecule has 0 spiro atoms. The fourth-order valence-corrected chi connectivity index (χ4v) is 0.821. The Balaban J connectivity index is 2.91. The summed E-state index contributed by atoms with van der Waals surface area (Å²) < 4.78 is 0. The van der Waals surface area contributed by atoms with Gasteiger partial charge in [0, 0.05) is 0 Å². The summed E-state index contributed by atoms with van der Waals surface area (Å²) in [6.45, 7) is 2.11. The molecule has 0 unspecified atom stereocenters. The molecule has 1 nitrogen and oxygen atoms in total. The summed E-state index contributed by atoms with van der Waals surface area (Å²) in [5.41, 5.74) is 0. The molecule has 0 atom stereocenters. The highest BCUT2D eigenvalue weighted by Crippen LogP contribution is 2.01. The van der Waals surface area contributed by atoms with E-state index in [4.69, 9.17) is 0 Å². The summed E-state index contributed by atoms with van der Waals surface area (Å²) in [4.78, 5) is 9.67. The second-order valence-corrected chi connectivity index (χ2v) is 2.35. The van der Waals surface area contributed by atoms with Crippen molar-refractivity contribution >= 4 is 18.0 Å². The number of carbonyl (C=O) groups excluding carboxylic acids is 1. The zero-order valence-corrected chi connectivity index (χ0v) is 5.78. The molecule has 0 heterocycles. The summed E-state index contributed by atoms with van der Waals surface area (Å²) in [6, 6.07) is 0. The van der Waals surface area contributed by atoms with Gasteiger partial charge in [0.25, 0.3) is 0 Å². The van der Waals surface area contributed by atoms with Crippen molar-refractivity contribution in [3.8, 4) is 0 Å². The minimum Gasteiger partial charge on any atom is -0.299 e. The molecule has 0 saturated heterocycles. The number of thioether (sulfide) groups is 1. The van der Waals surface area contributed by atoms with Crippen LogP contribution < -0.4 is 0 Å². The first kappa shape index (κ1) is 7.76. The lowest BCUT2D eigenvalue weighted by Crippen LogP contribution is -1.66. The van der Waals surface area contributed by atoms with Crippen LogP contribution in [-0.2, 0) is 4.79 Å². The van der Waals surface area contributed by atoms with Gasteiger partial charge in [-0.25, -0.2) is 0 Å².